The van der Waals surface area contributed by atoms with Gasteiger partial charge in [0.1, 0.15) is 0 Å². The van der Waals surface area contributed by atoms with E-state index in [2.05, 4.69) is 13.8 Å². The quantitative estimate of drug-likeness (QED) is 0.776. The van der Waals surface area contributed by atoms with Crippen LogP contribution < -0.4 is 5.73 Å². The molecule has 1 saturated heterocycles. The molecule has 0 radical (unpaired) electrons. The zero-order valence-corrected chi connectivity index (χ0v) is 10.6. The first-order valence-electron chi connectivity index (χ1n) is 6.10. The third-order valence-electron chi connectivity index (χ3n) is 3.07. The van der Waals surface area contributed by atoms with Gasteiger partial charge in [-0.05, 0) is 24.7 Å². The molecule has 1 rings (SSSR count). The fourth-order valence-corrected chi connectivity index (χ4v) is 2.17. The second-order valence-corrected chi connectivity index (χ2v) is 5.09. The monoisotopic (exact) mass is 228 g/mol. The van der Waals surface area contributed by atoms with Crippen molar-refractivity contribution >= 4 is 5.91 Å². The molecule has 0 spiro atoms. The predicted molar refractivity (Wildman–Crippen MR) is 64.0 cm³/mol. The van der Waals surface area contributed by atoms with Crippen LogP contribution in [0.1, 0.15) is 26.7 Å². The minimum atomic E-state index is -0.354. The van der Waals surface area contributed by atoms with Crippen molar-refractivity contribution in [2.75, 3.05) is 26.8 Å². The Labute approximate surface area is 98.1 Å². The van der Waals surface area contributed by atoms with Gasteiger partial charge in [-0.3, -0.25) is 4.79 Å². The summed E-state index contributed by atoms with van der Waals surface area (Å²) in [4.78, 5) is 13.8. The molecule has 2 N–H and O–H groups in total. The predicted octanol–water partition coefficient (Wildman–Crippen LogP) is 0.855. The molecule has 1 aliphatic rings. The number of nitrogens with two attached hydrogens (primary N) is 1. The lowest BCUT2D eigenvalue weighted by molar-refractivity contribution is -0.133. The van der Waals surface area contributed by atoms with Crippen molar-refractivity contribution in [2.45, 2.75) is 32.7 Å². The lowest BCUT2D eigenvalue weighted by atomic mass is 9.91. The summed E-state index contributed by atoms with van der Waals surface area (Å²) in [6, 6.07) is -0.354. The number of carbonyl (C=O) groups excluding carboxylic acids is 1. The van der Waals surface area contributed by atoms with Crippen LogP contribution in [0, 0.1) is 11.8 Å². The van der Waals surface area contributed by atoms with Gasteiger partial charge in [-0.2, -0.15) is 0 Å². The molecule has 0 aromatic carbocycles. The first-order valence-corrected chi connectivity index (χ1v) is 6.10. The van der Waals surface area contributed by atoms with E-state index in [0.29, 0.717) is 5.92 Å². The molecular formula is C12H24N2O2. The standard InChI is InChI=1S/C12H24N2O2/c1-9(2)8-14(3)12(15)11(13)10-4-6-16-7-5-10/h9-11H,4-8,13H2,1-3H3. The summed E-state index contributed by atoms with van der Waals surface area (Å²) in [6.45, 7) is 6.45. The molecule has 0 bridgehead atoms. The van der Waals surface area contributed by atoms with Crippen LogP contribution in [-0.4, -0.2) is 43.7 Å². The van der Waals surface area contributed by atoms with Crippen molar-refractivity contribution in [1.29, 1.82) is 0 Å². The molecule has 0 saturated carbocycles. The van der Waals surface area contributed by atoms with Crippen LogP contribution in [0.3, 0.4) is 0 Å². The largest absolute Gasteiger partial charge is 0.381 e. The molecule has 1 aliphatic heterocycles. The van der Waals surface area contributed by atoms with E-state index in [1.807, 2.05) is 7.05 Å². The highest BCUT2D eigenvalue weighted by molar-refractivity contribution is 5.81. The van der Waals surface area contributed by atoms with Crippen molar-refractivity contribution in [3.63, 3.8) is 0 Å². The normalized spacial score (nSPS) is 19.8. The highest BCUT2D eigenvalue weighted by atomic mass is 16.5. The number of nitrogens with zero attached hydrogens (tertiary/aromatic N) is 1. The van der Waals surface area contributed by atoms with Gasteiger partial charge >= 0.3 is 0 Å². The molecule has 1 amide bonds. The fourth-order valence-electron chi connectivity index (χ4n) is 2.17. The Morgan fingerprint density at radius 2 is 2.00 bits per heavy atom. The van der Waals surface area contributed by atoms with Crippen LogP contribution >= 0.6 is 0 Å². The molecular weight excluding hydrogens is 204 g/mol. The van der Waals surface area contributed by atoms with Crippen molar-refractivity contribution in [3.8, 4) is 0 Å². The van der Waals surface area contributed by atoms with Gasteiger partial charge in [0.2, 0.25) is 5.91 Å². The van der Waals surface area contributed by atoms with Gasteiger partial charge in [0.05, 0.1) is 6.04 Å². The second kappa shape index (κ2) is 6.21. The van der Waals surface area contributed by atoms with E-state index in [1.165, 1.54) is 0 Å². The zero-order valence-electron chi connectivity index (χ0n) is 10.6. The average molecular weight is 228 g/mol. The lowest BCUT2D eigenvalue weighted by Gasteiger charge is -2.30. The van der Waals surface area contributed by atoms with Gasteiger partial charge in [0, 0.05) is 26.8 Å². The van der Waals surface area contributed by atoms with Gasteiger partial charge in [-0.1, -0.05) is 13.8 Å². The maximum absolute atomic E-state index is 12.0. The number of hydrogen-bond donors (Lipinski definition) is 1. The van der Waals surface area contributed by atoms with E-state index >= 15 is 0 Å². The van der Waals surface area contributed by atoms with Crippen LogP contribution in [0.25, 0.3) is 0 Å². The van der Waals surface area contributed by atoms with Gasteiger partial charge < -0.3 is 15.4 Å². The van der Waals surface area contributed by atoms with Crippen molar-refractivity contribution in [2.24, 2.45) is 17.6 Å². The van der Waals surface area contributed by atoms with Gasteiger partial charge in [-0.15, -0.1) is 0 Å². The lowest BCUT2D eigenvalue weighted by Crippen LogP contribution is -2.48. The fraction of sp³-hybridized carbons (Fsp3) is 0.917. The molecule has 16 heavy (non-hydrogen) atoms. The first-order chi connectivity index (χ1) is 7.52. The molecule has 4 heteroatoms. The van der Waals surface area contributed by atoms with Crippen LogP contribution in [0.15, 0.2) is 0 Å². The summed E-state index contributed by atoms with van der Waals surface area (Å²) in [5.41, 5.74) is 6.02. The Morgan fingerprint density at radius 3 is 2.50 bits per heavy atom. The maximum Gasteiger partial charge on any atom is 0.239 e. The topological polar surface area (TPSA) is 55.6 Å². The smallest absolute Gasteiger partial charge is 0.239 e. The SMILES string of the molecule is CC(C)CN(C)C(=O)C(N)C1CCOCC1. The van der Waals surface area contributed by atoms with Crippen LogP contribution in [0.4, 0.5) is 0 Å². The summed E-state index contributed by atoms with van der Waals surface area (Å²) < 4.78 is 5.27. The highest BCUT2D eigenvalue weighted by Crippen LogP contribution is 2.18. The molecule has 4 nitrogen and oxygen atoms in total. The van der Waals surface area contributed by atoms with Crippen LogP contribution in [0.5, 0.6) is 0 Å². The number of likely N-dealkylation sites (N-methyl/N-ethyl adjacent to an activating group) is 1. The van der Waals surface area contributed by atoms with E-state index in [9.17, 15) is 4.79 Å². The molecule has 1 heterocycles. The Hall–Kier alpha value is -0.610. The molecule has 0 aromatic heterocycles. The molecule has 0 aromatic rings. The second-order valence-electron chi connectivity index (χ2n) is 5.09. The molecule has 1 unspecified atom stereocenters. The minimum Gasteiger partial charge on any atom is -0.381 e. The van der Waals surface area contributed by atoms with Crippen molar-refractivity contribution < 1.29 is 9.53 Å². The Kier molecular flexibility index (Phi) is 5.22. The number of rotatable bonds is 4. The van der Waals surface area contributed by atoms with E-state index in [0.717, 1.165) is 32.6 Å². The van der Waals surface area contributed by atoms with E-state index in [1.54, 1.807) is 4.90 Å². The van der Waals surface area contributed by atoms with Crippen molar-refractivity contribution in [1.82, 2.24) is 4.90 Å². The summed E-state index contributed by atoms with van der Waals surface area (Å²) in [5, 5.41) is 0. The number of hydrogen-bond acceptors (Lipinski definition) is 3. The number of ether oxygens (including phenoxy) is 1. The van der Waals surface area contributed by atoms with E-state index in [4.69, 9.17) is 10.5 Å². The average Bonchev–Trinajstić information content (AvgIpc) is 2.27. The van der Waals surface area contributed by atoms with Crippen LogP contribution in [0.2, 0.25) is 0 Å². The summed E-state index contributed by atoms with van der Waals surface area (Å²) in [6.07, 6.45) is 1.81. The summed E-state index contributed by atoms with van der Waals surface area (Å²) >= 11 is 0. The van der Waals surface area contributed by atoms with Gasteiger partial charge in [-0.25, -0.2) is 0 Å². The Bertz CT molecular complexity index is 225. The minimum absolute atomic E-state index is 0.0700. The highest BCUT2D eigenvalue weighted by Gasteiger charge is 2.28. The number of carbonyl (C=O) groups is 1. The summed E-state index contributed by atoms with van der Waals surface area (Å²) in [5.74, 6) is 0.840. The van der Waals surface area contributed by atoms with E-state index in [-0.39, 0.29) is 17.9 Å². The van der Waals surface area contributed by atoms with Gasteiger partial charge in [0.25, 0.3) is 0 Å². The molecule has 94 valence electrons. The first kappa shape index (κ1) is 13.5. The molecule has 0 aliphatic carbocycles. The maximum atomic E-state index is 12.0. The van der Waals surface area contributed by atoms with Gasteiger partial charge in [0.15, 0.2) is 0 Å². The summed E-state index contributed by atoms with van der Waals surface area (Å²) in [7, 11) is 1.83. The Morgan fingerprint density at radius 1 is 1.44 bits per heavy atom. The van der Waals surface area contributed by atoms with E-state index < -0.39 is 0 Å². The van der Waals surface area contributed by atoms with Crippen LogP contribution in [-0.2, 0) is 9.53 Å². The number of amides is 1. The Balaban J connectivity index is 2.45. The third kappa shape index (κ3) is 3.76. The molecule has 1 atom stereocenters. The third-order valence-corrected chi connectivity index (χ3v) is 3.07. The molecule has 1 fully saturated rings. The zero-order chi connectivity index (χ0) is 12.1. The van der Waals surface area contributed by atoms with Crippen molar-refractivity contribution in [3.05, 3.63) is 0 Å².